The Bertz CT molecular complexity index is 1220. The molecule has 2 aromatic rings. The summed E-state index contributed by atoms with van der Waals surface area (Å²) in [4.78, 5) is 13.3. The Morgan fingerprint density at radius 1 is 0.857 bits per heavy atom. The van der Waals surface area contributed by atoms with Crippen molar-refractivity contribution in [3.8, 4) is 12.1 Å². The van der Waals surface area contributed by atoms with Gasteiger partial charge in [0.05, 0.1) is 27.9 Å². The Balaban J connectivity index is 2.15. The van der Waals surface area contributed by atoms with E-state index in [9.17, 15) is 41.7 Å². The number of nitrogens with zero attached hydrogens (tertiary/aromatic N) is 5. The Labute approximate surface area is 196 Å². The molecule has 0 spiro atoms. The number of halogens is 6. The van der Waals surface area contributed by atoms with E-state index >= 15 is 0 Å². The lowest BCUT2D eigenvalue weighted by atomic mass is 9.88. The summed E-state index contributed by atoms with van der Waals surface area (Å²) in [5, 5.41) is 26.5. The zero-order valence-corrected chi connectivity index (χ0v) is 18.0. The zero-order valence-electron chi connectivity index (χ0n) is 18.0. The maximum Gasteiger partial charge on any atom is 0.416 e. The van der Waals surface area contributed by atoms with Gasteiger partial charge in [0.15, 0.2) is 0 Å². The van der Waals surface area contributed by atoms with E-state index in [0.29, 0.717) is 55.0 Å². The molecule has 1 saturated carbocycles. The molecule has 0 saturated heterocycles. The van der Waals surface area contributed by atoms with Crippen LogP contribution < -0.4 is 5.01 Å². The molecular weight excluding hydrogens is 476 g/mol. The largest absolute Gasteiger partial charge is 0.416 e. The van der Waals surface area contributed by atoms with E-state index in [1.165, 1.54) is 0 Å². The van der Waals surface area contributed by atoms with Gasteiger partial charge in [-0.2, -0.15) is 41.9 Å². The van der Waals surface area contributed by atoms with Crippen molar-refractivity contribution in [3.63, 3.8) is 0 Å². The molecule has 1 amide bonds. The summed E-state index contributed by atoms with van der Waals surface area (Å²) >= 11 is 0. The lowest BCUT2D eigenvalue weighted by Gasteiger charge is -2.26. The lowest BCUT2D eigenvalue weighted by Crippen LogP contribution is -2.33. The lowest BCUT2D eigenvalue weighted by molar-refractivity contribution is -0.138. The van der Waals surface area contributed by atoms with Crippen LogP contribution in [-0.2, 0) is 17.1 Å². The Morgan fingerprint density at radius 2 is 1.40 bits per heavy atom. The SMILES string of the molecule is N#Cc1ccc(C(F)(F)F)cc1/N=N/N(C(=O)C1CCCCC1)c1cc(C(F)(F)F)ccc1C#N. The van der Waals surface area contributed by atoms with Gasteiger partial charge in [-0.1, -0.05) is 24.5 Å². The molecule has 0 unspecified atom stereocenters. The average Bonchev–Trinajstić information content (AvgIpc) is 2.83. The molecule has 0 radical (unpaired) electrons. The fourth-order valence-electron chi connectivity index (χ4n) is 3.69. The summed E-state index contributed by atoms with van der Waals surface area (Å²) in [6.07, 6.45) is -6.44. The van der Waals surface area contributed by atoms with Gasteiger partial charge in [0.1, 0.15) is 17.8 Å². The number of hydrogen-bond acceptors (Lipinski definition) is 5. The molecule has 0 heterocycles. The first-order chi connectivity index (χ1) is 16.5. The molecule has 1 aliphatic rings. The summed E-state index contributed by atoms with van der Waals surface area (Å²) in [5.74, 6) is -1.37. The number of nitriles is 2. The van der Waals surface area contributed by atoms with Crippen molar-refractivity contribution < 1.29 is 31.1 Å². The molecule has 182 valence electrons. The molecule has 1 fully saturated rings. The number of hydrogen-bond donors (Lipinski definition) is 0. The van der Waals surface area contributed by atoms with E-state index < -0.39 is 46.7 Å². The van der Waals surface area contributed by atoms with Gasteiger partial charge in [0.2, 0.25) is 0 Å². The van der Waals surface area contributed by atoms with Gasteiger partial charge in [-0.05, 0) is 49.2 Å². The van der Waals surface area contributed by atoms with Gasteiger partial charge in [0.25, 0.3) is 5.91 Å². The summed E-state index contributed by atoms with van der Waals surface area (Å²) in [5.41, 5.74) is -3.93. The van der Waals surface area contributed by atoms with Crippen molar-refractivity contribution in [2.24, 2.45) is 16.3 Å². The first kappa shape index (κ1) is 25.7. The Morgan fingerprint density at radius 3 is 1.94 bits per heavy atom. The number of benzene rings is 2. The molecule has 0 aromatic heterocycles. The number of amides is 1. The van der Waals surface area contributed by atoms with Crippen molar-refractivity contribution in [2.75, 3.05) is 5.01 Å². The van der Waals surface area contributed by atoms with E-state index in [1.54, 1.807) is 12.1 Å². The average molecular weight is 493 g/mol. The quantitative estimate of drug-likeness (QED) is 0.259. The third-order valence-electron chi connectivity index (χ3n) is 5.52. The van der Waals surface area contributed by atoms with Gasteiger partial charge in [-0.25, -0.2) is 0 Å². The molecule has 0 aliphatic heterocycles. The number of carbonyl (C=O) groups excluding carboxylic acids is 1. The molecule has 0 bridgehead atoms. The van der Waals surface area contributed by atoms with Crippen molar-refractivity contribution in [3.05, 3.63) is 58.7 Å². The first-order valence-corrected chi connectivity index (χ1v) is 10.4. The van der Waals surface area contributed by atoms with Crippen LogP contribution in [0.5, 0.6) is 0 Å². The van der Waals surface area contributed by atoms with Crippen molar-refractivity contribution in [1.82, 2.24) is 0 Å². The summed E-state index contributed by atoms with van der Waals surface area (Å²) in [6.45, 7) is 0. The normalized spacial score (nSPS) is 15.0. The molecule has 0 atom stereocenters. The minimum absolute atomic E-state index is 0.295. The van der Waals surface area contributed by atoms with E-state index in [2.05, 4.69) is 10.3 Å². The molecule has 3 rings (SSSR count). The topological polar surface area (TPSA) is 92.6 Å². The van der Waals surface area contributed by atoms with Crippen LogP contribution in [0.1, 0.15) is 54.4 Å². The smallest absolute Gasteiger partial charge is 0.272 e. The van der Waals surface area contributed by atoms with E-state index in [1.807, 2.05) is 0 Å². The molecule has 0 N–H and O–H groups in total. The number of alkyl halides is 6. The second-order valence-corrected chi connectivity index (χ2v) is 7.86. The third kappa shape index (κ3) is 5.96. The highest BCUT2D eigenvalue weighted by molar-refractivity contribution is 5.95. The van der Waals surface area contributed by atoms with Gasteiger partial charge >= 0.3 is 12.4 Å². The molecule has 12 heteroatoms. The molecule has 6 nitrogen and oxygen atoms in total. The summed E-state index contributed by atoms with van der Waals surface area (Å²) in [7, 11) is 0. The second kappa shape index (κ2) is 10.1. The van der Waals surface area contributed by atoms with Crippen LogP contribution >= 0.6 is 0 Å². The summed E-state index contributed by atoms with van der Waals surface area (Å²) in [6, 6.07) is 7.55. The number of carbonyl (C=O) groups is 1. The number of rotatable bonds is 4. The first-order valence-electron chi connectivity index (χ1n) is 10.4. The standard InChI is InChI=1S/C23H17F6N5O/c24-22(25,26)17-8-6-15(12-30)19(10-17)32-33-34(21(35)14-4-2-1-3-5-14)20-11-18(23(27,28)29)9-7-16(20)13-31/h6-11,14H,1-5H2/b33-32+. The highest BCUT2D eigenvalue weighted by Gasteiger charge is 2.35. The Hall–Kier alpha value is -3.93. The van der Waals surface area contributed by atoms with E-state index in [-0.39, 0.29) is 11.1 Å². The van der Waals surface area contributed by atoms with Gasteiger partial charge in [-0.15, -0.1) is 5.11 Å². The van der Waals surface area contributed by atoms with Gasteiger partial charge < -0.3 is 0 Å². The predicted molar refractivity (Wildman–Crippen MR) is 111 cm³/mol. The second-order valence-electron chi connectivity index (χ2n) is 7.86. The minimum atomic E-state index is -4.80. The fourth-order valence-corrected chi connectivity index (χ4v) is 3.69. The minimum Gasteiger partial charge on any atom is -0.272 e. The molecule has 35 heavy (non-hydrogen) atoms. The van der Waals surface area contributed by atoms with E-state index in [4.69, 9.17) is 0 Å². The van der Waals surface area contributed by atoms with Crippen LogP contribution in [0.2, 0.25) is 0 Å². The molecular formula is C23H17F6N5O. The summed E-state index contributed by atoms with van der Waals surface area (Å²) < 4.78 is 79.4. The van der Waals surface area contributed by atoms with Crippen LogP contribution in [0.3, 0.4) is 0 Å². The predicted octanol–water partition coefficient (Wildman–Crippen LogP) is 7.08. The van der Waals surface area contributed by atoms with Crippen LogP contribution in [0.25, 0.3) is 0 Å². The van der Waals surface area contributed by atoms with Crippen LogP contribution in [0, 0.1) is 28.6 Å². The number of anilines is 1. The Kier molecular flexibility index (Phi) is 7.44. The van der Waals surface area contributed by atoms with Crippen LogP contribution in [0.4, 0.5) is 37.7 Å². The van der Waals surface area contributed by atoms with Crippen LogP contribution in [0.15, 0.2) is 46.7 Å². The van der Waals surface area contributed by atoms with Crippen LogP contribution in [-0.4, -0.2) is 5.91 Å². The monoisotopic (exact) mass is 493 g/mol. The van der Waals surface area contributed by atoms with Crippen molar-refractivity contribution in [2.45, 2.75) is 44.5 Å². The highest BCUT2D eigenvalue weighted by atomic mass is 19.4. The third-order valence-corrected chi connectivity index (χ3v) is 5.52. The maximum absolute atomic E-state index is 13.3. The fraction of sp³-hybridized carbons (Fsp3) is 0.348. The highest BCUT2D eigenvalue weighted by Crippen LogP contribution is 2.37. The zero-order chi connectivity index (χ0) is 25.8. The van der Waals surface area contributed by atoms with Crippen molar-refractivity contribution >= 4 is 17.3 Å². The van der Waals surface area contributed by atoms with E-state index in [0.717, 1.165) is 18.6 Å². The maximum atomic E-state index is 13.3. The molecule has 2 aromatic carbocycles. The van der Waals surface area contributed by atoms with Gasteiger partial charge in [0, 0.05) is 5.92 Å². The van der Waals surface area contributed by atoms with Gasteiger partial charge in [-0.3, -0.25) is 4.79 Å². The van der Waals surface area contributed by atoms with Crippen molar-refractivity contribution in [1.29, 1.82) is 10.5 Å². The molecule has 1 aliphatic carbocycles.